The molecule has 0 aromatic carbocycles. The molecular formula is C39H81NO3. The number of rotatable bonds is 36. The van der Waals surface area contributed by atoms with Crippen LogP contribution in [-0.2, 0) is 9.47 Å². The second kappa shape index (κ2) is 33.2. The van der Waals surface area contributed by atoms with Crippen LogP contribution in [0, 0.1) is 0 Å². The number of aliphatic hydroxyl groups excluding tert-OH is 1. The summed E-state index contributed by atoms with van der Waals surface area (Å²) in [6.07, 6.45) is 38.2. The molecule has 4 heteroatoms. The zero-order valence-electron chi connectivity index (χ0n) is 30.1. The summed E-state index contributed by atoms with van der Waals surface area (Å²) < 4.78 is 12.0. The summed E-state index contributed by atoms with van der Waals surface area (Å²) in [5, 5.41) is 10.7. The zero-order valence-corrected chi connectivity index (χ0v) is 30.1. The van der Waals surface area contributed by atoms with E-state index in [0.29, 0.717) is 13.2 Å². The standard InChI is InChI=1S/C39H81NO3/c1-5-7-9-11-13-15-17-19-21-23-25-27-29-31-35-42-37(33-34-39(3,4)40)38(41)43-36-32-30-28-26-24-22-20-18-16-14-12-10-8-6-2/h37-38,41H,5-36,40H2,1-4H3. The monoisotopic (exact) mass is 612 g/mol. The van der Waals surface area contributed by atoms with Gasteiger partial charge in [-0.15, -0.1) is 0 Å². The molecule has 0 aromatic heterocycles. The summed E-state index contributed by atoms with van der Waals surface area (Å²) in [6, 6.07) is 0. The predicted molar refractivity (Wildman–Crippen MR) is 190 cm³/mol. The molecule has 0 fully saturated rings. The van der Waals surface area contributed by atoms with Crippen LogP contribution in [0.4, 0.5) is 0 Å². The van der Waals surface area contributed by atoms with E-state index < -0.39 is 6.29 Å². The van der Waals surface area contributed by atoms with Crippen molar-refractivity contribution in [2.75, 3.05) is 13.2 Å². The van der Waals surface area contributed by atoms with Crippen LogP contribution in [0.5, 0.6) is 0 Å². The minimum absolute atomic E-state index is 0.259. The summed E-state index contributed by atoms with van der Waals surface area (Å²) in [5.74, 6) is 0. The topological polar surface area (TPSA) is 64.7 Å². The molecule has 0 aliphatic heterocycles. The average molecular weight is 612 g/mol. The lowest BCUT2D eigenvalue weighted by atomic mass is 9.97. The molecule has 0 aromatic rings. The third kappa shape index (κ3) is 34.6. The van der Waals surface area contributed by atoms with E-state index >= 15 is 0 Å². The SMILES string of the molecule is CCCCCCCCCCCCCCCCOC(O)C(CCC(C)(C)N)OCCCCCCCCCCCCCCCC. The van der Waals surface area contributed by atoms with Crippen molar-refractivity contribution >= 4 is 0 Å². The third-order valence-electron chi connectivity index (χ3n) is 9.01. The second-order valence-corrected chi connectivity index (χ2v) is 14.4. The molecule has 4 nitrogen and oxygen atoms in total. The highest BCUT2D eigenvalue weighted by molar-refractivity contribution is 4.75. The van der Waals surface area contributed by atoms with E-state index in [2.05, 4.69) is 13.8 Å². The third-order valence-corrected chi connectivity index (χ3v) is 9.01. The van der Waals surface area contributed by atoms with E-state index in [9.17, 15) is 5.11 Å². The highest BCUT2D eigenvalue weighted by Gasteiger charge is 2.23. The first-order valence-corrected chi connectivity index (χ1v) is 19.6. The van der Waals surface area contributed by atoms with Gasteiger partial charge in [0.05, 0.1) is 0 Å². The molecule has 260 valence electrons. The lowest BCUT2D eigenvalue weighted by Crippen LogP contribution is -2.37. The van der Waals surface area contributed by atoms with Crippen molar-refractivity contribution in [2.45, 2.75) is 238 Å². The maximum Gasteiger partial charge on any atom is 0.181 e. The van der Waals surface area contributed by atoms with Crippen molar-refractivity contribution in [1.82, 2.24) is 0 Å². The number of unbranched alkanes of at least 4 members (excludes halogenated alkanes) is 26. The molecule has 0 bridgehead atoms. The van der Waals surface area contributed by atoms with Crippen LogP contribution < -0.4 is 5.73 Å². The van der Waals surface area contributed by atoms with Crippen LogP contribution in [0.15, 0.2) is 0 Å². The van der Waals surface area contributed by atoms with Gasteiger partial charge < -0.3 is 20.3 Å². The fourth-order valence-corrected chi connectivity index (χ4v) is 5.96. The molecule has 0 saturated carbocycles. The summed E-state index contributed by atoms with van der Waals surface area (Å²) in [5.41, 5.74) is 5.97. The van der Waals surface area contributed by atoms with Crippen LogP contribution in [0.25, 0.3) is 0 Å². The van der Waals surface area contributed by atoms with E-state index in [1.54, 1.807) is 0 Å². The molecule has 3 N–H and O–H groups in total. The number of ether oxygens (including phenoxy) is 2. The van der Waals surface area contributed by atoms with E-state index in [0.717, 1.165) is 25.7 Å². The Hall–Kier alpha value is -0.160. The lowest BCUT2D eigenvalue weighted by molar-refractivity contribution is -0.182. The molecule has 0 aliphatic carbocycles. The van der Waals surface area contributed by atoms with E-state index in [1.165, 1.54) is 167 Å². The van der Waals surface area contributed by atoms with E-state index in [-0.39, 0.29) is 11.6 Å². The fourth-order valence-electron chi connectivity index (χ4n) is 5.96. The first-order valence-electron chi connectivity index (χ1n) is 19.6. The van der Waals surface area contributed by atoms with Crippen LogP contribution in [0.1, 0.15) is 220 Å². The molecule has 0 aliphatic rings. The minimum Gasteiger partial charge on any atom is -0.373 e. The fraction of sp³-hybridized carbons (Fsp3) is 1.00. The lowest BCUT2D eigenvalue weighted by Gasteiger charge is -2.27. The van der Waals surface area contributed by atoms with Gasteiger partial charge in [-0.1, -0.05) is 181 Å². The second-order valence-electron chi connectivity index (χ2n) is 14.4. The molecule has 0 spiro atoms. The smallest absolute Gasteiger partial charge is 0.181 e. The Kier molecular flexibility index (Phi) is 33.1. The van der Waals surface area contributed by atoms with Gasteiger partial charge in [-0.3, -0.25) is 0 Å². The largest absolute Gasteiger partial charge is 0.373 e. The summed E-state index contributed by atoms with van der Waals surface area (Å²) >= 11 is 0. The summed E-state index contributed by atoms with van der Waals surface area (Å²) in [4.78, 5) is 0. The van der Waals surface area contributed by atoms with Crippen LogP contribution in [0.2, 0.25) is 0 Å². The van der Waals surface area contributed by atoms with Crippen LogP contribution in [0.3, 0.4) is 0 Å². The Labute approximate surface area is 271 Å². The molecule has 0 heterocycles. The maximum absolute atomic E-state index is 10.7. The quantitative estimate of drug-likeness (QED) is 0.0546. The van der Waals surface area contributed by atoms with Gasteiger partial charge in [0.2, 0.25) is 0 Å². The molecule has 43 heavy (non-hydrogen) atoms. The molecule has 2 atom stereocenters. The number of aliphatic hydroxyl groups is 1. The Morgan fingerprint density at radius 1 is 0.465 bits per heavy atom. The van der Waals surface area contributed by atoms with Gasteiger partial charge >= 0.3 is 0 Å². The van der Waals surface area contributed by atoms with Gasteiger partial charge in [0.15, 0.2) is 6.29 Å². The van der Waals surface area contributed by atoms with E-state index in [1.807, 2.05) is 13.8 Å². The van der Waals surface area contributed by atoms with Crippen molar-refractivity contribution in [2.24, 2.45) is 5.73 Å². The van der Waals surface area contributed by atoms with Gasteiger partial charge in [-0.2, -0.15) is 0 Å². The summed E-state index contributed by atoms with van der Waals surface area (Å²) in [7, 11) is 0. The van der Waals surface area contributed by atoms with Crippen molar-refractivity contribution < 1.29 is 14.6 Å². The highest BCUT2D eigenvalue weighted by Crippen LogP contribution is 2.18. The summed E-state index contributed by atoms with van der Waals surface area (Å²) in [6.45, 7) is 9.97. The Bertz CT molecular complexity index is 521. The molecule has 0 amide bonds. The first kappa shape index (κ1) is 42.8. The van der Waals surface area contributed by atoms with Crippen LogP contribution >= 0.6 is 0 Å². The van der Waals surface area contributed by atoms with Gasteiger partial charge in [0.1, 0.15) is 6.10 Å². The van der Waals surface area contributed by atoms with Crippen molar-refractivity contribution in [3.05, 3.63) is 0 Å². The van der Waals surface area contributed by atoms with Crippen molar-refractivity contribution in [1.29, 1.82) is 0 Å². The molecular weight excluding hydrogens is 530 g/mol. The van der Waals surface area contributed by atoms with E-state index in [4.69, 9.17) is 15.2 Å². The van der Waals surface area contributed by atoms with Crippen molar-refractivity contribution in [3.63, 3.8) is 0 Å². The number of hydrogen-bond donors (Lipinski definition) is 2. The Morgan fingerprint density at radius 3 is 1.05 bits per heavy atom. The van der Waals surface area contributed by atoms with Crippen molar-refractivity contribution in [3.8, 4) is 0 Å². The molecule has 2 unspecified atom stereocenters. The number of hydrogen-bond acceptors (Lipinski definition) is 4. The molecule has 0 saturated heterocycles. The molecule has 0 radical (unpaired) electrons. The van der Waals surface area contributed by atoms with Gasteiger partial charge in [-0.05, 0) is 39.5 Å². The normalized spacial score (nSPS) is 13.5. The predicted octanol–water partition coefficient (Wildman–Crippen LogP) is 12.2. The van der Waals surface area contributed by atoms with Crippen LogP contribution in [-0.4, -0.2) is 36.3 Å². The Morgan fingerprint density at radius 2 is 0.744 bits per heavy atom. The van der Waals surface area contributed by atoms with Gasteiger partial charge in [0, 0.05) is 18.8 Å². The minimum atomic E-state index is -0.851. The number of nitrogens with two attached hydrogens (primary N) is 1. The molecule has 0 rings (SSSR count). The first-order chi connectivity index (χ1) is 20.9. The highest BCUT2D eigenvalue weighted by atomic mass is 16.6. The Balaban J connectivity index is 3.79. The zero-order chi connectivity index (χ0) is 31.7. The van der Waals surface area contributed by atoms with Gasteiger partial charge in [0.25, 0.3) is 0 Å². The average Bonchev–Trinajstić information content (AvgIpc) is 2.98. The van der Waals surface area contributed by atoms with Gasteiger partial charge in [-0.25, -0.2) is 0 Å². The maximum atomic E-state index is 10.7.